The van der Waals surface area contributed by atoms with Gasteiger partial charge in [0.2, 0.25) is 5.95 Å². The SMILES string of the molecule is Cc1cc2c(c(C)n1)[C@]13Nc4nncn4[C@@]1(O)[C@H](CN(C)C)[C@@H](c1ccccc1)[C@]3(c1ccc(Br)cc1)O2. The molecule has 3 aliphatic rings. The maximum absolute atomic E-state index is 13.4. The van der Waals surface area contributed by atoms with Gasteiger partial charge in [0.25, 0.3) is 0 Å². The summed E-state index contributed by atoms with van der Waals surface area (Å²) in [4.78, 5) is 7.00. The number of aliphatic hydroxyl groups is 1. The first-order valence-corrected chi connectivity index (χ1v) is 13.6. The van der Waals surface area contributed by atoms with Crippen molar-refractivity contribution in [1.29, 1.82) is 0 Å². The second-order valence-electron chi connectivity index (χ2n) is 10.9. The van der Waals surface area contributed by atoms with Gasteiger partial charge in [0, 0.05) is 40.3 Å². The summed E-state index contributed by atoms with van der Waals surface area (Å²) in [5, 5.41) is 25.7. The predicted molar refractivity (Wildman–Crippen MR) is 147 cm³/mol. The number of ether oxygens (including phenoxy) is 1. The molecule has 0 saturated heterocycles. The third-order valence-electron chi connectivity index (χ3n) is 8.61. The third-order valence-corrected chi connectivity index (χ3v) is 9.14. The molecule has 4 aromatic rings. The summed E-state index contributed by atoms with van der Waals surface area (Å²) in [6.45, 7) is 4.58. The van der Waals surface area contributed by atoms with Gasteiger partial charge in [0.1, 0.15) is 12.1 Å². The van der Waals surface area contributed by atoms with Crippen molar-refractivity contribution in [2.45, 2.75) is 36.6 Å². The summed E-state index contributed by atoms with van der Waals surface area (Å²) in [5.41, 5.74) is 0.975. The van der Waals surface area contributed by atoms with Crippen LogP contribution in [0.25, 0.3) is 0 Å². The molecule has 2 aromatic heterocycles. The Morgan fingerprint density at radius 3 is 2.55 bits per heavy atom. The van der Waals surface area contributed by atoms with E-state index in [0.717, 1.165) is 38.3 Å². The first-order valence-electron chi connectivity index (χ1n) is 12.8. The number of rotatable bonds is 4. The second kappa shape index (κ2) is 7.88. The molecule has 2 N–H and O–H groups in total. The van der Waals surface area contributed by atoms with Crippen molar-refractivity contribution >= 4 is 21.9 Å². The van der Waals surface area contributed by atoms with E-state index in [9.17, 15) is 5.11 Å². The van der Waals surface area contributed by atoms with E-state index in [1.807, 2.05) is 56.8 Å². The highest BCUT2D eigenvalue weighted by atomic mass is 79.9. The molecule has 0 unspecified atom stereocenters. The molecule has 4 heterocycles. The average molecular weight is 573 g/mol. The highest BCUT2D eigenvalue weighted by molar-refractivity contribution is 9.10. The fraction of sp³-hybridized carbons (Fsp3) is 0.345. The number of aryl methyl sites for hydroxylation is 2. The van der Waals surface area contributed by atoms with Gasteiger partial charge in [0.15, 0.2) is 16.9 Å². The summed E-state index contributed by atoms with van der Waals surface area (Å²) >= 11 is 3.62. The summed E-state index contributed by atoms with van der Waals surface area (Å²) < 4.78 is 10.1. The predicted octanol–water partition coefficient (Wildman–Crippen LogP) is 4.28. The number of anilines is 1. The number of fused-ring (bicyclic) bond motifs is 3. The van der Waals surface area contributed by atoms with Crippen LogP contribution in [0.3, 0.4) is 0 Å². The molecule has 38 heavy (non-hydrogen) atoms. The zero-order valence-corrected chi connectivity index (χ0v) is 23.3. The maximum atomic E-state index is 13.4. The number of hydrogen-bond acceptors (Lipinski definition) is 7. The Kier molecular flexibility index (Phi) is 4.94. The van der Waals surface area contributed by atoms with Gasteiger partial charge in [-0.3, -0.25) is 9.55 Å². The van der Waals surface area contributed by atoms with Gasteiger partial charge in [-0.25, -0.2) is 0 Å². The largest absolute Gasteiger partial charge is 0.478 e. The lowest BCUT2D eigenvalue weighted by atomic mass is 9.68. The van der Waals surface area contributed by atoms with Crippen molar-refractivity contribution in [1.82, 2.24) is 24.6 Å². The van der Waals surface area contributed by atoms with Crippen molar-refractivity contribution in [2.24, 2.45) is 5.92 Å². The van der Waals surface area contributed by atoms with Gasteiger partial charge in [-0.2, -0.15) is 0 Å². The third kappa shape index (κ3) is 2.69. The molecule has 1 saturated carbocycles. The topological polar surface area (TPSA) is 88.3 Å². The fourth-order valence-electron chi connectivity index (χ4n) is 7.56. The van der Waals surface area contributed by atoms with Gasteiger partial charge >= 0.3 is 0 Å². The van der Waals surface area contributed by atoms with Gasteiger partial charge in [0.05, 0.1) is 5.56 Å². The minimum absolute atomic E-state index is 0.243. The summed E-state index contributed by atoms with van der Waals surface area (Å²) in [7, 11) is 4.08. The van der Waals surface area contributed by atoms with E-state index in [4.69, 9.17) is 9.72 Å². The van der Waals surface area contributed by atoms with E-state index < -0.39 is 16.9 Å². The van der Waals surface area contributed by atoms with Crippen molar-refractivity contribution in [3.8, 4) is 5.75 Å². The monoisotopic (exact) mass is 572 g/mol. The van der Waals surface area contributed by atoms with E-state index >= 15 is 0 Å². The van der Waals surface area contributed by atoms with E-state index in [2.05, 4.69) is 72.7 Å². The van der Waals surface area contributed by atoms with Crippen LogP contribution in [0.15, 0.2) is 71.5 Å². The molecule has 194 valence electrons. The molecule has 0 radical (unpaired) electrons. The molecule has 8 nitrogen and oxygen atoms in total. The van der Waals surface area contributed by atoms with Crippen molar-refractivity contribution in [3.63, 3.8) is 0 Å². The van der Waals surface area contributed by atoms with Crippen LogP contribution in [-0.4, -0.2) is 50.4 Å². The lowest BCUT2D eigenvalue weighted by molar-refractivity contribution is -0.125. The van der Waals surface area contributed by atoms with Crippen LogP contribution < -0.4 is 10.1 Å². The fourth-order valence-corrected chi connectivity index (χ4v) is 7.83. The molecule has 5 atom stereocenters. The highest BCUT2D eigenvalue weighted by Crippen LogP contribution is 2.76. The van der Waals surface area contributed by atoms with Crippen molar-refractivity contribution < 1.29 is 9.84 Å². The lowest BCUT2D eigenvalue weighted by Gasteiger charge is -2.44. The Hall–Kier alpha value is -3.27. The van der Waals surface area contributed by atoms with Crippen molar-refractivity contribution in [3.05, 3.63) is 99.5 Å². The van der Waals surface area contributed by atoms with Crippen LogP contribution in [0.2, 0.25) is 0 Å². The molecule has 1 aliphatic carbocycles. The van der Waals surface area contributed by atoms with Crippen LogP contribution >= 0.6 is 15.9 Å². The lowest BCUT2D eigenvalue weighted by Crippen LogP contribution is -2.60. The van der Waals surface area contributed by atoms with Gasteiger partial charge in [-0.05, 0) is 51.2 Å². The van der Waals surface area contributed by atoms with Crippen LogP contribution in [0, 0.1) is 19.8 Å². The minimum atomic E-state index is -1.48. The molecule has 7 rings (SSSR count). The Morgan fingerprint density at radius 1 is 1.11 bits per heavy atom. The Balaban J connectivity index is 1.66. The minimum Gasteiger partial charge on any atom is -0.478 e. The van der Waals surface area contributed by atoms with Gasteiger partial charge < -0.3 is 20.1 Å². The van der Waals surface area contributed by atoms with E-state index in [0.29, 0.717) is 12.5 Å². The van der Waals surface area contributed by atoms with Gasteiger partial charge in [-0.1, -0.05) is 58.4 Å². The Bertz CT molecular complexity index is 1560. The number of halogens is 1. The molecule has 2 aromatic carbocycles. The molecule has 0 amide bonds. The average Bonchev–Trinajstić information content (AvgIpc) is 3.55. The quantitative estimate of drug-likeness (QED) is 0.377. The first-order chi connectivity index (χ1) is 18.2. The van der Waals surface area contributed by atoms with Crippen molar-refractivity contribution in [2.75, 3.05) is 26.0 Å². The van der Waals surface area contributed by atoms with E-state index in [1.54, 1.807) is 6.33 Å². The second-order valence-corrected chi connectivity index (χ2v) is 11.9. The zero-order valence-electron chi connectivity index (χ0n) is 21.7. The summed E-state index contributed by atoms with van der Waals surface area (Å²) in [5.74, 6) is 0.696. The van der Waals surface area contributed by atoms with Crippen LogP contribution in [0.4, 0.5) is 5.95 Å². The summed E-state index contributed by atoms with van der Waals surface area (Å²) in [6.07, 6.45) is 1.63. The van der Waals surface area contributed by atoms with Crippen LogP contribution in [-0.2, 0) is 16.9 Å². The molecule has 2 aliphatic heterocycles. The highest BCUT2D eigenvalue weighted by Gasteiger charge is 2.86. The molecule has 9 heteroatoms. The number of benzene rings is 2. The normalized spacial score (nSPS) is 30.4. The van der Waals surface area contributed by atoms with E-state index in [1.165, 1.54) is 0 Å². The number of pyridine rings is 1. The Morgan fingerprint density at radius 2 is 1.84 bits per heavy atom. The molecule has 1 spiro atoms. The summed E-state index contributed by atoms with van der Waals surface area (Å²) in [6, 6.07) is 20.7. The van der Waals surface area contributed by atoms with Gasteiger partial charge in [-0.15, -0.1) is 10.2 Å². The number of hydrogen-bond donors (Lipinski definition) is 2. The van der Waals surface area contributed by atoms with E-state index in [-0.39, 0.29) is 11.8 Å². The standard InChI is InChI=1S/C29H29BrN6O2/c1-17-14-23-24(18(2)32-17)28-27(38-23,20-10-12-21(30)13-11-20)25(19-8-6-5-7-9-19)22(15-35(3)4)29(28,37)36-16-31-34-26(36)33-28/h5-14,16,22,25,37H,15H2,1-4H3,(H,33,34)/t22-,25-,27+,28-,29-/m1/s1. The zero-order chi connectivity index (χ0) is 26.4. The van der Waals surface area contributed by atoms with Crippen LogP contribution in [0.1, 0.15) is 34.0 Å². The number of aromatic nitrogens is 4. The Labute approximate surface area is 229 Å². The number of nitrogens with one attached hydrogen (secondary N) is 1. The van der Waals surface area contributed by atoms with Crippen LogP contribution in [0.5, 0.6) is 5.75 Å². The molecule has 1 fully saturated rings. The maximum Gasteiger partial charge on any atom is 0.227 e. The smallest absolute Gasteiger partial charge is 0.227 e. The molecular weight excluding hydrogens is 544 g/mol. The molecule has 0 bridgehead atoms. The number of nitrogens with zero attached hydrogens (tertiary/aromatic N) is 5. The first kappa shape index (κ1) is 23.8. The molecular formula is C29H29BrN6O2.